The van der Waals surface area contributed by atoms with E-state index in [-0.39, 0.29) is 11.7 Å². The number of anilines is 1. The molecule has 0 atom stereocenters. The van der Waals surface area contributed by atoms with Crippen molar-refractivity contribution in [3.05, 3.63) is 36.0 Å². The fourth-order valence-corrected chi connectivity index (χ4v) is 3.69. The van der Waals surface area contributed by atoms with E-state index in [1.54, 1.807) is 50.0 Å². The summed E-state index contributed by atoms with van der Waals surface area (Å²) in [5, 5.41) is 16.2. The Morgan fingerprint density at radius 2 is 1.90 bits per heavy atom. The molecule has 10 nitrogen and oxygen atoms in total. The summed E-state index contributed by atoms with van der Waals surface area (Å²) in [6, 6.07) is 6.55. The summed E-state index contributed by atoms with van der Waals surface area (Å²) in [4.78, 5) is 24.1. The number of esters is 1. The zero-order chi connectivity index (χ0) is 22.4. The Labute approximate surface area is 183 Å². The number of nitrogens with one attached hydrogen (secondary N) is 1. The van der Waals surface area contributed by atoms with Crippen molar-refractivity contribution in [3.8, 4) is 17.3 Å². The van der Waals surface area contributed by atoms with Crippen LogP contribution < -0.4 is 10.1 Å². The van der Waals surface area contributed by atoms with E-state index in [1.807, 2.05) is 17.7 Å². The molecule has 0 unspecified atom stereocenters. The Morgan fingerprint density at radius 3 is 2.55 bits per heavy atom. The summed E-state index contributed by atoms with van der Waals surface area (Å²) in [6.07, 6.45) is 1.82. The molecule has 3 rings (SSSR count). The van der Waals surface area contributed by atoms with Gasteiger partial charge in [0.1, 0.15) is 5.56 Å². The first-order valence-electron chi connectivity index (χ1n) is 9.67. The summed E-state index contributed by atoms with van der Waals surface area (Å²) >= 11 is 1.28. The molecule has 2 heterocycles. The van der Waals surface area contributed by atoms with Gasteiger partial charge in [-0.1, -0.05) is 11.8 Å². The topological polar surface area (TPSA) is 113 Å². The number of methoxy groups -OCH3 is 1. The van der Waals surface area contributed by atoms with Crippen molar-refractivity contribution in [2.75, 3.05) is 24.8 Å². The van der Waals surface area contributed by atoms with E-state index in [0.29, 0.717) is 41.3 Å². The van der Waals surface area contributed by atoms with Gasteiger partial charge in [0.25, 0.3) is 0 Å². The number of ether oxygens (including phenoxy) is 2. The maximum Gasteiger partial charge on any atom is 0.338 e. The van der Waals surface area contributed by atoms with E-state index >= 15 is 0 Å². The largest absolute Gasteiger partial charge is 0.479 e. The lowest BCUT2D eigenvalue weighted by Crippen LogP contribution is -2.15. The Hall–Kier alpha value is -3.34. The number of carbonyl (C=O) groups is 2. The zero-order valence-corrected chi connectivity index (χ0v) is 18.6. The number of carbonyl (C=O) groups excluding carboxylic acids is 2. The van der Waals surface area contributed by atoms with Crippen LogP contribution in [0, 0.1) is 0 Å². The highest BCUT2D eigenvalue weighted by Crippen LogP contribution is 2.29. The minimum Gasteiger partial charge on any atom is -0.479 e. The standard InChI is InChI=1S/C20H24N6O4S/c1-5-26-17(15-11-25(3)24-18(15)29-4)22-23-20(26)31-12-16(27)21-14-9-7-13(8-10-14)19(28)30-6-2/h7-11H,5-6,12H2,1-4H3,(H,21,27). The van der Waals surface area contributed by atoms with Gasteiger partial charge in [-0.25, -0.2) is 4.79 Å². The lowest BCUT2D eigenvalue weighted by Gasteiger charge is -2.08. The Morgan fingerprint density at radius 1 is 1.16 bits per heavy atom. The van der Waals surface area contributed by atoms with Gasteiger partial charge in [-0.3, -0.25) is 9.48 Å². The SMILES string of the molecule is CCOC(=O)c1ccc(NC(=O)CSc2nnc(-c3cn(C)nc3OC)n2CC)cc1. The van der Waals surface area contributed by atoms with Crippen molar-refractivity contribution in [2.45, 2.75) is 25.5 Å². The third kappa shape index (κ3) is 5.23. The minimum atomic E-state index is -0.393. The lowest BCUT2D eigenvalue weighted by atomic mass is 10.2. The molecule has 1 amide bonds. The van der Waals surface area contributed by atoms with Gasteiger partial charge in [-0.05, 0) is 38.1 Å². The molecule has 0 saturated heterocycles. The van der Waals surface area contributed by atoms with E-state index in [9.17, 15) is 9.59 Å². The number of benzene rings is 1. The molecule has 0 saturated carbocycles. The van der Waals surface area contributed by atoms with Gasteiger partial charge >= 0.3 is 5.97 Å². The molecule has 3 aromatic rings. The lowest BCUT2D eigenvalue weighted by molar-refractivity contribution is -0.113. The number of thioether (sulfide) groups is 1. The number of rotatable bonds is 9. The number of hydrogen-bond acceptors (Lipinski definition) is 8. The average Bonchev–Trinajstić information content (AvgIpc) is 3.35. The third-order valence-electron chi connectivity index (χ3n) is 4.27. The van der Waals surface area contributed by atoms with Gasteiger partial charge in [0.2, 0.25) is 11.8 Å². The van der Waals surface area contributed by atoms with Crippen LogP contribution in [0.25, 0.3) is 11.4 Å². The predicted molar refractivity (Wildman–Crippen MR) is 116 cm³/mol. The number of aromatic nitrogens is 5. The molecule has 164 valence electrons. The van der Waals surface area contributed by atoms with Crippen LogP contribution in [0.3, 0.4) is 0 Å². The minimum absolute atomic E-state index is 0.155. The Bertz CT molecular complexity index is 1060. The zero-order valence-electron chi connectivity index (χ0n) is 17.8. The molecule has 0 spiro atoms. The number of nitrogens with zero attached hydrogens (tertiary/aromatic N) is 5. The van der Waals surface area contributed by atoms with E-state index in [4.69, 9.17) is 9.47 Å². The van der Waals surface area contributed by atoms with Crippen molar-refractivity contribution in [1.82, 2.24) is 24.5 Å². The van der Waals surface area contributed by atoms with Crippen molar-refractivity contribution < 1.29 is 19.1 Å². The summed E-state index contributed by atoms with van der Waals surface area (Å²) in [5.74, 6) is 0.660. The molecule has 2 aromatic heterocycles. The number of aryl methyl sites for hydroxylation is 1. The second-order valence-electron chi connectivity index (χ2n) is 6.41. The molecular formula is C20H24N6O4S. The number of hydrogen-bond donors (Lipinski definition) is 1. The van der Waals surface area contributed by atoms with Crippen LogP contribution in [0.2, 0.25) is 0 Å². The molecule has 0 aliphatic carbocycles. The van der Waals surface area contributed by atoms with Crippen molar-refractivity contribution in [2.24, 2.45) is 7.05 Å². The van der Waals surface area contributed by atoms with Gasteiger partial charge < -0.3 is 19.4 Å². The summed E-state index contributed by atoms with van der Waals surface area (Å²) in [7, 11) is 3.36. The quantitative estimate of drug-likeness (QED) is 0.396. The summed E-state index contributed by atoms with van der Waals surface area (Å²) in [5.41, 5.74) is 1.76. The molecular weight excluding hydrogens is 420 g/mol. The molecule has 1 aromatic carbocycles. The van der Waals surface area contributed by atoms with Crippen LogP contribution >= 0.6 is 11.8 Å². The number of amides is 1. The predicted octanol–water partition coefficient (Wildman–Crippen LogP) is 2.61. The van der Waals surface area contributed by atoms with E-state index in [1.165, 1.54) is 11.8 Å². The van der Waals surface area contributed by atoms with Crippen LogP contribution in [0.15, 0.2) is 35.6 Å². The van der Waals surface area contributed by atoms with Crippen LogP contribution in [0.5, 0.6) is 5.88 Å². The monoisotopic (exact) mass is 444 g/mol. The second-order valence-corrected chi connectivity index (χ2v) is 7.35. The Balaban J connectivity index is 1.64. The highest BCUT2D eigenvalue weighted by Gasteiger charge is 2.20. The van der Waals surface area contributed by atoms with E-state index < -0.39 is 5.97 Å². The fourth-order valence-electron chi connectivity index (χ4n) is 2.88. The normalized spacial score (nSPS) is 10.7. The maximum absolute atomic E-state index is 12.4. The van der Waals surface area contributed by atoms with Gasteiger partial charge in [-0.15, -0.1) is 15.3 Å². The van der Waals surface area contributed by atoms with E-state index in [2.05, 4.69) is 20.6 Å². The Kier molecular flexibility index (Phi) is 7.29. The molecule has 1 N–H and O–H groups in total. The van der Waals surface area contributed by atoms with Crippen LogP contribution in [0.4, 0.5) is 5.69 Å². The van der Waals surface area contributed by atoms with Crippen LogP contribution in [-0.4, -0.2) is 55.9 Å². The molecule has 0 aliphatic heterocycles. The first-order valence-corrected chi connectivity index (χ1v) is 10.7. The van der Waals surface area contributed by atoms with Gasteiger partial charge in [-0.2, -0.15) is 0 Å². The molecule has 0 bridgehead atoms. The molecule has 11 heteroatoms. The van der Waals surface area contributed by atoms with Gasteiger partial charge in [0.15, 0.2) is 11.0 Å². The van der Waals surface area contributed by atoms with Crippen molar-refractivity contribution in [3.63, 3.8) is 0 Å². The van der Waals surface area contributed by atoms with Crippen molar-refractivity contribution >= 4 is 29.3 Å². The first-order chi connectivity index (χ1) is 15.0. The van der Waals surface area contributed by atoms with Gasteiger partial charge in [0.05, 0.1) is 25.0 Å². The molecule has 31 heavy (non-hydrogen) atoms. The third-order valence-corrected chi connectivity index (χ3v) is 5.24. The van der Waals surface area contributed by atoms with E-state index in [0.717, 1.165) is 5.56 Å². The van der Waals surface area contributed by atoms with Crippen molar-refractivity contribution in [1.29, 1.82) is 0 Å². The average molecular weight is 445 g/mol. The molecule has 0 aliphatic rings. The van der Waals surface area contributed by atoms with Crippen LogP contribution in [-0.2, 0) is 23.1 Å². The van der Waals surface area contributed by atoms with Gasteiger partial charge in [0, 0.05) is 25.5 Å². The summed E-state index contributed by atoms with van der Waals surface area (Å²) < 4.78 is 13.8. The molecule has 0 radical (unpaired) electrons. The fraction of sp³-hybridized carbons (Fsp3) is 0.350. The van der Waals surface area contributed by atoms with Crippen LogP contribution in [0.1, 0.15) is 24.2 Å². The highest BCUT2D eigenvalue weighted by molar-refractivity contribution is 7.99. The highest BCUT2D eigenvalue weighted by atomic mass is 32.2. The first kappa shape index (κ1) is 22.3. The summed E-state index contributed by atoms with van der Waals surface area (Å²) in [6.45, 7) is 4.66. The molecule has 0 fully saturated rings. The smallest absolute Gasteiger partial charge is 0.338 e. The maximum atomic E-state index is 12.4. The second kappa shape index (κ2) is 10.1.